The molecule has 1 atom stereocenters. The fourth-order valence-electron chi connectivity index (χ4n) is 2.17. The van der Waals surface area contributed by atoms with E-state index in [0.29, 0.717) is 13.1 Å². The zero-order chi connectivity index (χ0) is 16.3. The third-order valence-corrected chi connectivity index (χ3v) is 3.40. The van der Waals surface area contributed by atoms with Crippen LogP contribution in [0.4, 0.5) is 4.79 Å². The van der Waals surface area contributed by atoms with Crippen molar-refractivity contribution in [1.29, 1.82) is 0 Å². The van der Waals surface area contributed by atoms with E-state index in [1.54, 1.807) is 27.7 Å². The largest absolute Gasteiger partial charge is 0.465 e. The number of carbonyl (C=O) groups is 2. The minimum Gasteiger partial charge on any atom is -0.465 e. The summed E-state index contributed by atoms with van der Waals surface area (Å²) in [4.78, 5) is 25.1. The van der Waals surface area contributed by atoms with E-state index in [2.05, 4.69) is 0 Å². The molecule has 0 bridgehead atoms. The average molecular weight is 302 g/mol. The fraction of sp³-hybridized carbons (Fsp3) is 0.857. The van der Waals surface area contributed by atoms with Crippen LogP contribution in [0.5, 0.6) is 0 Å². The number of likely N-dealkylation sites (tertiary alicyclic amines) is 1. The van der Waals surface area contributed by atoms with Crippen LogP contribution in [0.15, 0.2) is 0 Å². The van der Waals surface area contributed by atoms with Gasteiger partial charge in [-0.05, 0) is 40.5 Å². The first-order valence-electron chi connectivity index (χ1n) is 7.21. The lowest BCUT2D eigenvalue weighted by Gasteiger charge is -2.40. The van der Waals surface area contributed by atoms with Gasteiger partial charge in [-0.15, -0.1) is 0 Å². The number of hydrogen-bond acceptors (Lipinski definition) is 6. The lowest BCUT2D eigenvalue weighted by Crippen LogP contribution is -2.59. The summed E-state index contributed by atoms with van der Waals surface area (Å²) in [5.41, 5.74) is 3.87. The van der Waals surface area contributed by atoms with Crippen molar-refractivity contribution in [3.8, 4) is 0 Å². The van der Waals surface area contributed by atoms with Crippen LogP contribution in [0.1, 0.15) is 40.5 Å². The predicted octanol–water partition coefficient (Wildman–Crippen LogP) is 0.639. The van der Waals surface area contributed by atoms with Crippen LogP contribution >= 0.6 is 0 Å². The number of ether oxygens (including phenoxy) is 2. The predicted molar refractivity (Wildman–Crippen MR) is 76.6 cm³/mol. The van der Waals surface area contributed by atoms with E-state index in [1.807, 2.05) is 0 Å². The molecule has 7 heteroatoms. The highest BCUT2D eigenvalue weighted by Gasteiger charge is 2.43. The molecule has 1 heterocycles. The first kappa shape index (κ1) is 17.7. The second-order valence-corrected chi connectivity index (χ2v) is 6.30. The quantitative estimate of drug-likeness (QED) is 0.742. The average Bonchev–Trinajstić information content (AvgIpc) is 2.36. The molecule has 0 aromatic carbocycles. The van der Waals surface area contributed by atoms with Crippen molar-refractivity contribution in [1.82, 2.24) is 4.90 Å². The van der Waals surface area contributed by atoms with Crippen molar-refractivity contribution >= 4 is 12.1 Å². The molecule has 1 amide bonds. The zero-order valence-electron chi connectivity index (χ0n) is 13.2. The lowest BCUT2D eigenvalue weighted by atomic mass is 9.85. The summed E-state index contributed by atoms with van der Waals surface area (Å²) in [6, 6.07) is -1.10. The third-order valence-electron chi connectivity index (χ3n) is 3.40. The Kier molecular flexibility index (Phi) is 5.58. The maximum Gasteiger partial charge on any atom is 0.410 e. The maximum atomic E-state index is 11.9. The first-order chi connectivity index (χ1) is 9.59. The molecule has 1 fully saturated rings. The van der Waals surface area contributed by atoms with Crippen LogP contribution in [0.25, 0.3) is 0 Å². The number of piperidine rings is 1. The third kappa shape index (κ3) is 4.86. The Morgan fingerprint density at radius 1 is 1.33 bits per heavy atom. The summed E-state index contributed by atoms with van der Waals surface area (Å²) in [6.45, 7) is 7.86. The molecule has 0 aliphatic carbocycles. The van der Waals surface area contributed by atoms with Crippen LogP contribution in [0.2, 0.25) is 0 Å². The minimum atomic E-state index is -1.34. The van der Waals surface area contributed by atoms with Gasteiger partial charge < -0.3 is 25.2 Å². The maximum absolute atomic E-state index is 11.9. The lowest BCUT2D eigenvalue weighted by molar-refractivity contribution is -0.153. The molecule has 7 nitrogen and oxygen atoms in total. The van der Waals surface area contributed by atoms with Crippen LogP contribution in [-0.4, -0.2) is 59.0 Å². The summed E-state index contributed by atoms with van der Waals surface area (Å²) in [6.07, 6.45) is 0.00703. The highest BCUT2D eigenvalue weighted by Crippen LogP contribution is 2.26. The number of esters is 1. The molecule has 0 aromatic heterocycles. The molecule has 1 rings (SSSR count). The van der Waals surface area contributed by atoms with Crippen molar-refractivity contribution in [2.75, 3.05) is 19.7 Å². The van der Waals surface area contributed by atoms with Gasteiger partial charge in [0, 0.05) is 13.1 Å². The molecule has 0 aromatic rings. The SMILES string of the molecule is CCOC(=O)[C@@H](N)C1(O)CCN(C(=O)OC(C)(C)C)CC1. The smallest absolute Gasteiger partial charge is 0.410 e. The van der Waals surface area contributed by atoms with Gasteiger partial charge in [0.2, 0.25) is 0 Å². The van der Waals surface area contributed by atoms with Crippen molar-refractivity contribution in [3.05, 3.63) is 0 Å². The van der Waals surface area contributed by atoms with Gasteiger partial charge in [0.1, 0.15) is 11.6 Å². The Balaban J connectivity index is 2.58. The Morgan fingerprint density at radius 3 is 2.29 bits per heavy atom. The summed E-state index contributed by atoms with van der Waals surface area (Å²) < 4.78 is 10.1. The van der Waals surface area contributed by atoms with Crippen molar-refractivity contribution < 1.29 is 24.2 Å². The van der Waals surface area contributed by atoms with E-state index in [0.717, 1.165) is 0 Å². The van der Waals surface area contributed by atoms with Crippen molar-refractivity contribution in [2.45, 2.75) is 57.8 Å². The number of nitrogens with zero attached hydrogens (tertiary/aromatic N) is 1. The van der Waals surface area contributed by atoms with Gasteiger partial charge in [0.05, 0.1) is 12.2 Å². The molecular weight excluding hydrogens is 276 g/mol. The Bertz CT molecular complexity index is 383. The number of hydrogen-bond donors (Lipinski definition) is 2. The molecule has 0 radical (unpaired) electrons. The van der Waals surface area contributed by atoms with Crippen LogP contribution in [0, 0.1) is 0 Å². The number of nitrogens with two attached hydrogens (primary N) is 1. The highest BCUT2D eigenvalue weighted by molar-refractivity contribution is 5.77. The van der Waals surface area contributed by atoms with E-state index in [-0.39, 0.29) is 19.4 Å². The van der Waals surface area contributed by atoms with Crippen molar-refractivity contribution in [3.63, 3.8) is 0 Å². The minimum absolute atomic E-state index is 0.215. The molecule has 0 saturated carbocycles. The fourth-order valence-corrected chi connectivity index (χ4v) is 2.17. The zero-order valence-corrected chi connectivity index (χ0v) is 13.2. The molecular formula is C14H26N2O5. The van der Waals surface area contributed by atoms with E-state index in [1.165, 1.54) is 4.90 Å². The standard InChI is InChI=1S/C14H26N2O5/c1-5-20-11(17)10(15)14(19)6-8-16(9-7-14)12(18)21-13(2,3)4/h10,19H,5-9,15H2,1-4H3/t10-/m1/s1. The summed E-state index contributed by atoms with van der Waals surface area (Å²) >= 11 is 0. The van der Waals surface area contributed by atoms with Gasteiger partial charge in [-0.1, -0.05) is 0 Å². The van der Waals surface area contributed by atoms with Gasteiger partial charge >= 0.3 is 12.1 Å². The van der Waals surface area contributed by atoms with Gasteiger partial charge in [-0.2, -0.15) is 0 Å². The molecule has 1 saturated heterocycles. The molecule has 0 unspecified atom stereocenters. The number of rotatable bonds is 3. The van der Waals surface area contributed by atoms with E-state index in [9.17, 15) is 14.7 Å². The van der Waals surface area contributed by atoms with Gasteiger partial charge in [-0.3, -0.25) is 4.79 Å². The number of carbonyl (C=O) groups excluding carboxylic acids is 2. The Labute approximate surface area is 125 Å². The Morgan fingerprint density at radius 2 is 1.86 bits per heavy atom. The molecule has 0 spiro atoms. The van der Waals surface area contributed by atoms with E-state index in [4.69, 9.17) is 15.2 Å². The second-order valence-electron chi connectivity index (χ2n) is 6.30. The van der Waals surface area contributed by atoms with Crippen LogP contribution < -0.4 is 5.73 Å². The highest BCUT2D eigenvalue weighted by atomic mass is 16.6. The molecule has 1 aliphatic heterocycles. The van der Waals surface area contributed by atoms with Gasteiger partial charge in [-0.25, -0.2) is 4.79 Å². The van der Waals surface area contributed by atoms with Gasteiger partial charge in [0.25, 0.3) is 0 Å². The van der Waals surface area contributed by atoms with E-state index < -0.39 is 29.3 Å². The van der Waals surface area contributed by atoms with Crippen molar-refractivity contribution in [2.24, 2.45) is 5.73 Å². The monoisotopic (exact) mass is 302 g/mol. The summed E-state index contributed by atoms with van der Waals surface area (Å²) in [5, 5.41) is 10.5. The summed E-state index contributed by atoms with van der Waals surface area (Å²) in [5.74, 6) is -0.620. The number of aliphatic hydroxyl groups is 1. The topological polar surface area (TPSA) is 102 Å². The number of amides is 1. The molecule has 122 valence electrons. The second kappa shape index (κ2) is 6.62. The van der Waals surface area contributed by atoms with E-state index >= 15 is 0 Å². The molecule has 21 heavy (non-hydrogen) atoms. The summed E-state index contributed by atoms with van der Waals surface area (Å²) in [7, 11) is 0. The van der Waals surface area contributed by atoms with Crippen LogP contribution in [-0.2, 0) is 14.3 Å². The van der Waals surface area contributed by atoms with Crippen LogP contribution in [0.3, 0.4) is 0 Å². The molecule has 1 aliphatic rings. The Hall–Kier alpha value is -1.34. The first-order valence-corrected chi connectivity index (χ1v) is 7.21. The normalized spacial score (nSPS) is 19.8. The van der Waals surface area contributed by atoms with Gasteiger partial charge in [0.15, 0.2) is 0 Å². The molecule has 3 N–H and O–H groups in total.